The molecule has 0 aliphatic heterocycles. The number of halogens is 1. The van der Waals surface area contributed by atoms with Gasteiger partial charge in [-0.2, -0.15) is 5.10 Å². The summed E-state index contributed by atoms with van der Waals surface area (Å²) in [5, 5.41) is 9.57. The van der Waals surface area contributed by atoms with E-state index in [1.807, 2.05) is 25.4 Å². The monoisotopic (exact) mass is 591 g/mol. The Kier molecular flexibility index (Phi) is 9.82. The maximum absolute atomic E-state index is 14.8. The van der Waals surface area contributed by atoms with E-state index in [0.717, 1.165) is 94.3 Å². The number of aryl methyl sites for hydroxylation is 1. The van der Waals surface area contributed by atoms with Crippen molar-refractivity contribution in [1.82, 2.24) is 34.9 Å². The molecule has 44 heavy (non-hydrogen) atoms. The van der Waals surface area contributed by atoms with Gasteiger partial charge in [0, 0.05) is 34.3 Å². The number of H-pyrrole nitrogens is 2. The van der Waals surface area contributed by atoms with Crippen LogP contribution in [0.4, 0.5) is 4.39 Å². The van der Waals surface area contributed by atoms with Gasteiger partial charge in [0.25, 0.3) is 0 Å². The Bertz CT molecular complexity index is 1820. The Hall–Kier alpha value is -4.40. The molecule has 0 aliphatic carbocycles. The molecule has 0 saturated heterocycles. The fraction of sp³-hybridized carbons (Fsp3) is 0.306. The molecule has 0 radical (unpaired) electrons. The molecular formula is C36H42FN7. The molecule has 5 rings (SSSR count). The summed E-state index contributed by atoms with van der Waals surface area (Å²) in [7, 11) is 8.29. The van der Waals surface area contributed by atoms with Gasteiger partial charge in [0.1, 0.15) is 5.82 Å². The molecule has 0 saturated carbocycles. The molecule has 8 heteroatoms. The van der Waals surface area contributed by atoms with Crippen LogP contribution in [0.5, 0.6) is 0 Å². The summed E-state index contributed by atoms with van der Waals surface area (Å²) >= 11 is 0. The zero-order valence-electron chi connectivity index (χ0n) is 26.4. The number of rotatable bonds is 13. The number of hydrogen-bond donors (Lipinski definition) is 2. The van der Waals surface area contributed by atoms with Gasteiger partial charge in [-0.05, 0) is 120 Å². The van der Waals surface area contributed by atoms with Gasteiger partial charge in [0.15, 0.2) is 5.65 Å². The van der Waals surface area contributed by atoms with Crippen molar-refractivity contribution < 1.29 is 4.39 Å². The van der Waals surface area contributed by atoms with Crippen molar-refractivity contribution in [2.75, 3.05) is 41.3 Å². The van der Waals surface area contributed by atoms with Crippen molar-refractivity contribution >= 4 is 27.5 Å². The van der Waals surface area contributed by atoms with Gasteiger partial charge < -0.3 is 14.8 Å². The van der Waals surface area contributed by atoms with E-state index in [1.54, 1.807) is 18.3 Å². The Morgan fingerprint density at radius 3 is 2.50 bits per heavy atom. The molecular weight excluding hydrogens is 549 g/mol. The molecule has 2 N–H and O–H groups in total. The van der Waals surface area contributed by atoms with Crippen molar-refractivity contribution in [3.63, 3.8) is 0 Å². The highest BCUT2D eigenvalue weighted by Gasteiger charge is 2.16. The lowest BCUT2D eigenvalue weighted by Crippen LogP contribution is -2.13. The third-order valence-corrected chi connectivity index (χ3v) is 7.88. The maximum Gasteiger partial charge on any atom is 0.181 e. The van der Waals surface area contributed by atoms with E-state index < -0.39 is 0 Å². The van der Waals surface area contributed by atoms with Crippen molar-refractivity contribution in [2.24, 2.45) is 0 Å². The summed E-state index contributed by atoms with van der Waals surface area (Å²) in [4.78, 5) is 17.0. The molecule has 0 atom stereocenters. The molecule has 228 valence electrons. The maximum atomic E-state index is 14.8. The first kappa shape index (κ1) is 31.0. The second kappa shape index (κ2) is 13.9. The average Bonchev–Trinajstić information content (AvgIpc) is 3.62. The molecule has 4 aromatic heterocycles. The SMILES string of the molecule is C=C/C(=C\C(=C/C)c1cnc2n[nH]c(-c3cc4c(-c5cc(F)cc(CCCN(C)C)c5)cncc4[nH]3)c2c1)CCCN(C)C. The lowest BCUT2D eigenvalue weighted by Gasteiger charge is -2.10. The molecule has 0 aliphatic rings. The standard InChI is InChI=1S/C36H42FN7/c1-7-24(11-9-13-43(3)4)15-26(8-2)28-19-31-35(41-42-36(31)39-21-28)33-20-30-32(22-38-23-34(30)40-33)27-16-25(17-29(37)18-27)12-10-14-44(5)6/h7-8,15-23,40H,1,9-14H2,2-6H3,(H,39,41,42)/b24-15+,26-8+. The van der Waals surface area contributed by atoms with Gasteiger partial charge in [-0.15, -0.1) is 0 Å². The minimum atomic E-state index is -0.237. The lowest BCUT2D eigenvalue weighted by atomic mass is 9.99. The van der Waals surface area contributed by atoms with Crippen molar-refractivity contribution in [3.05, 3.63) is 96.2 Å². The summed E-state index contributed by atoms with van der Waals surface area (Å²) in [5.41, 5.74) is 9.20. The minimum Gasteiger partial charge on any atom is -0.352 e. The third kappa shape index (κ3) is 7.21. The van der Waals surface area contributed by atoms with Crippen molar-refractivity contribution in [1.29, 1.82) is 0 Å². The first-order valence-corrected chi connectivity index (χ1v) is 15.2. The van der Waals surface area contributed by atoms with Crippen LogP contribution in [0.15, 0.2) is 79.3 Å². The van der Waals surface area contributed by atoms with E-state index >= 15 is 0 Å². The highest BCUT2D eigenvalue weighted by molar-refractivity contribution is 6.00. The Morgan fingerprint density at radius 1 is 0.955 bits per heavy atom. The lowest BCUT2D eigenvalue weighted by molar-refractivity contribution is 0.400. The van der Waals surface area contributed by atoms with E-state index in [-0.39, 0.29) is 5.82 Å². The molecule has 0 fully saturated rings. The molecule has 4 heterocycles. The number of hydrogen-bond acceptors (Lipinski definition) is 5. The van der Waals surface area contributed by atoms with E-state index in [9.17, 15) is 4.39 Å². The minimum absolute atomic E-state index is 0.237. The van der Waals surface area contributed by atoms with Crippen LogP contribution in [0.3, 0.4) is 0 Å². The Morgan fingerprint density at radius 2 is 1.75 bits per heavy atom. The Balaban J connectivity index is 1.49. The summed E-state index contributed by atoms with van der Waals surface area (Å²) in [6.45, 7) is 8.07. The highest BCUT2D eigenvalue weighted by Crippen LogP contribution is 2.35. The number of nitrogens with one attached hydrogen (secondary N) is 2. The normalized spacial score (nSPS) is 12.7. The summed E-state index contributed by atoms with van der Waals surface area (Å²) < 4.78 is 14.8. The van der Waals surface area contributed by atoms with Gasteiger partial charge in [-0.25, -0.2) is 9.37 Å². The van der Waals surface area contributed by atoms with Crippen LogP contribution >= 0.6 is 0 Å². The van der Waals surface area contributed by atoms with Crippen LogP contribution in [0.1, 0.15) is 37.3 Å². The molecule has 1 aromatic carbocycles. The van der Waals surface area contributed by atoms with Crippen LogP contribution < -0.4 is 0 Å². The van der Waals surface area contributed by atoms with E-state index in [1.165, 1.54) is 5.57 Å². The number of benzene rings is 1. The molecule has 0 spiro atoms. The molecule has 7 nitrogen and oxygen atoms in total. The van der Waals surface area contributed by atoms with Crippen molar-refractivity contribution in [3.8, 4) is 22.5 Å². The predicted octanol–water partition coefficient (Wildman–Crippen LogP) is 7.66. The van der Waals surface area contributed by atoms with Crippen molar-refractivity contribution in [2.45, 2.75) is 32.6 Å². The van der Waals surface area contributed by atoms with Crippen LogP contribution in [-0.4, -0.2) is 76.2 Å². The van der Waals surface area contributed by atoms with Gasteiger partial charge >= 0.3 is 0 Å². The summed E-state index contributed by atoms with van der Waals surface area (Å²) in [6, 6.07) is 9.51. The van der Waals surface area contributed by atoms with E-state index in [2.05, 4.69) is 100 Å². The van der Waals surface area contributed by atoms with Crippen LogP contribution in [0.2, 0.25) is 0 Å². The third-order valence-electron chi connectivity index (χ3n) is 7.88. The summed E-state index contributed by atoms with van der Waals surface area (Å²) in [5.74, 6) is -0.237. The number of aromatic nitrogens is 5. The zero-order chi connectivity index (χ0) is 31.2. The smallest absolute Gasteiger partial charge is 0.181 e. The Labute approximate surface area is 259 Å². The number of aromatic amines is 2. The molecule has 0 amide bonds. The molecule has 5 aromatic rings. The zero-order valence-corrected chi connectivity index (χ0v) is 26.4. The first-order valence-electron chi connectivity index (χ1n) is 15.2. The van der Waals surface area contributed by atoms with Gasteiger partial charge in [-0.1, -0.05) is 30.9 Å². The fourth-order valence-corrected chi connectivity index (χ4v) is 5.59. The molecule has 0 unspecified atom stereocenters. The summed E-state index contributed by atoms with van der Waals surface area (Å²) in [6.07, 6.45) is 15.5. The topological polar surface area (TPSA) is 76.7 Å². The largest absolute Gasteiger partial charge is 0.352 e. The van der Waals surface area contributed by atoms with Gasteiger partial charge in [0.05, 0.1) is 23.1 Å². The fourth-order valence-electron chi connectivity index (χ4n) is 5.59. The highest BCUT2D eigenvalue weighted by atomic mass is 19.1. The average molecular weight is 592 g/mol. The number of fused-ring (bicyclic) bond motifs is 2. The van der Waals surface area contributed by atoms with E-state index in [0.29, 0.717) is 5.65 Å². The number of nitrogens with zero attached hydrogens (tertiary/aromatic N) is 5. The second-order valence-electron chi connectivity index (χ2n) is 11.9. The first-order chi connectivity index (χ1) is 21.2. The molecule has 0 bridgehead atoms. The second-order valence-corrected chi connectivity index (χ2v) is 11.9. The quantitative estimate of drug-likeness (QED) is 0.138. The van der Waals surface area contributed by atoms with Crippen LogP contribution in [0, 0.1) is 5.82 Å². The number of allylic oxidation sites excluding steroid dienone is 5. The van der Waals surface area contributed by atoms with E-state index in [4.69, 9.17) is 0 Å². The van der Waals surface area contributed by atoms with Gasteiger partial charge in [0.2, 0.25) is 0 Å². The van der Waals surface area contributed by atoms with Crippen LogP contribution in [0.25, 0.3) is 50.0 Å². The van der Waals surface area contributed by atoms with Crippen LogP contribution in [-0.2, 0) is 6.42 Å². The van der Waals surface area contributed by atoms with Gasteiger partial charge in [-0.3, -0.25) is 10.1 Å². The predicted molar refractivity (Wildman–Crippen MR) is 181 cm³/mol. The number of pyridine rings is 2.